The molecule has 25 heavy (non-hydrogen) atoms. The SMILES string of the molecule is CCc1nc2cc(C)ccn2c1C(=O)NCc1ccc2c(c1)CCO2. The van der Waals surface area contributed by atoms with Crippen molar-refractivity contribution in [3.63, 3.8) is 0 Å². The zero-order valence-electron chi connectivity index (χ0n) is 14.5. The largest absolute Gasteiger partial charge is 0.493 e. The van der Waals surface area contributed by atoms with Gasteiger partial charge in [0.1, 0.15) is 17.1 Å². The van der Waals surface area contributed by atoms with Crippen LogP contribution in [0.5, 0.6) is 5.75 Å². The minimum atomic E-state index is -0.0926. The van der Waals surface area contributed by atoms with Gasteiger partial charge in [0.2, 0.25) is 0 Å². The molecule has 3 heterocycles. The van der Waals surface area contributed by atoms with E-state index in [-0.39, 0.29) is 5.91 Å². The Labute approximate surface area is 146 Å². The number of nitrogens with zero attached hydrogens (tertiary/aromatic N) is 2. The molecule has 0 saturated carbocycles. The Bertz CT molecular complexity index is 959. The molecule has 0 spiro atoms. The van der Waals surface area contributed by atoms with E-state index in [0.717, 1.165) is 47.7 Å². The fraction of sp³-hybridized carbons (Fsp3) is 0.300. The zero-order chi connectivity index (χ0) is 17.4. The van der Waals surface area contributed by atoms with Gasteiger partial charge in [0, 0.05) is 19.2 Å². The van der Waals surface area contributed by atoms with E-state index in [9.17, 15) is 4.79 Å². The minimum absolute atomic E-state index is 0.0926. The van der Waals surface area contributed by atoms with Gasteiger partial charge in [-0.1, -0.05) is 19.1 Å². The molecule has 5 nitrogen and oxygen atoms in total. The summed E-state index contributed by atoms with van der Waals surface area (Å²) < 4.78 is 7.40. The van der Waals surface area contributed by atoms with Gasteiger partial charge in [-0.2, -0.15) is 0 Å². The lowest BCUT2D eigenvalue weighted by atomic mass is 10.1. The highest BCUT2D eigenvalue weighted by molar-refractivity contribution is 5.94. The molecular formula is C20H21N3O2. The average molecular weight is 335 g/mol. The predicted octanol–water partition coefficient (Wildman–Crippen LogP) is 3.07. The van der Waals surface area contributed by atoms with Crippen molar-refractivity contribution in [2.24, 2.45) is 0 Å². The average Bonchev–Trinajstić information content (AvgIpc) is 3.22. The third kappa shape index (κ3) is 2.86. The molecule has 0 radical (unpaired) electrons. The first-order valence-corrected chi connectivity index (χ1v) is 8.66. The summed E-state index contributed by atoms with van der Waals surface area (Å²) in [5.74, 6) is 0.866. The maximum absolute atomic E-state index is 12.8. The molecule has 2 aromatic heterocycles. The number of carbonyl (C=O) groups is 1. The molecule has 1 aliphatic rings. The number of rotatable bonds is 4. The van der Waals surface area contributed by atoms with Gasteiger partial charge in [0.15, 0.2) is 0 Å². The van der Waals surface area contributed by atoms with Gasteiger partial charge in [-0.3, -0.25) is 9.20 Å². The molecule has 0 aliphatic carbocycles. The van der Waals surface area contributed by atoms with Crippen LogP contribution in [0.25, 0.3) is 5.65 Å². The molecule has 1 amide bonds. The number of nitrogens with one attached hydrogen (secondary N) is 1. The summed E-state index contributed by atoms with van der Waals surface area (Å²) in [5.41, 5.74) is 5.70. The Hall–Kier alpha value is -2.82. The van der Waals surface area contributed by atoms with Gasteiger partial charge in [-0.25, -0.2) is 4.98 Å². The van der Waals surface area contributed by atoms with Crippen LogP contribution in [0.3, 0.4) is 0 Å². The van der Waals surface area contributed by atoms with Gasteiger partial charge < -0.3 is 10.1 Å². The highest BCUT2D eigenvalue weighted by Gasteiger charge is 2.18. The van der Waals surface area contributed by atoms with Crippen molar-refractivity contribution in [1.29, 1.82) is 0 Å². The lowest BCUT2D eigenvalue weighted by molar-refractivity contribution is 0.0944. The van der Waals surface area contributed by atoms with Gasteiger partial charge in [-0.05, 0) is 48.2 Å². The first kappa shape index (κ1) is 15.7. The third-order valence-electron chi connectivity index (χ3n) is 4.61. The lowest BCUT2D eigenvalue weighted by Gasteiger charge is -2.08. The van der Waals surface area contributed by atoms with Crippen LogP contribution in [0.15, 0.2) is 36.5 Å². The van der Waals surface area contributed by atoms with Crippen LogP contribution >= 0.6 is 0 Å². The van der Waals surface area contributed by atoms with Gasteiger partial charge in [0.05, 0.1) is 12.3 Å². The minimum Gasteiger partial charge on any atom is -0.493 e. The van der Waals surface area contributed by atoms with Crippen LogP contribution < -0.4 is 10.1 Å². The maximum Gasteiger partial charge on any atom is 0.270 e. The second kappa shape index (κ2) is 6.24. The Morgan fingerprint density at radius 1 is 1.32 bits per heavy atom. The first-order valence-electron chi connectivity index (χ1n) is 8.66. The number of amides is 1. The summed E-state index contributed by atoms with van der Waals surface area (Å²) in [5, 5.41) is 3.03. The van der Waals surface area contributed by atoms with Crippen molar-refractivity contribution in [3.05, 3.63) is 64.6 Å². The van der Waals surface area contributed by atoms with Crippen molar-refractivity contribution in [2.45, 2.75) is 33.2 Å². The normalized spacial score (nSPS) is 12.9. The van der Waals surface area contributed by atoms with E-state index in [1.54, 1.807) is 0 Å². The van der Waals surface area contributed by atoms with Crippen molar-refractivity contribution in [1.82, 2.24) is 14.7 Å². The summed E-state index contributed by atoms with van der Waals surface area (Å²) >= 11 is 0. The molecule has 0 atom stereocenters. The molecule has 5 heteroatoms. The Balaban J connectivity index is 1.58. The van der Waals surface area contributed by atoms with Crippen LogP contribution in [-0.2, 0) is 19.4 Å². The second-order valence-electron chi connectivity index (χ2n) is 6.42. The van der Waals surface area contributed by atoms with Crippen molar-refractivity contribution in [2.75, 3.05) is 6.61 Å². The maximum atomic E-state index is 12.8. The van der Waals surface area contributed by atoms with Crippen LogP contribution in [-0.4, -0.2) is 21.9 Å². The third-order valence-corrected chi connectivity index (χ3v) is 4.61. The van der Waals surface area contributed by atoms with Crippen molar-refractivity contribution >= 4 is 11.6 Å². The van der Waals surface area contributed by atoms with E-state index in [4.69, 9.17) is 4.74 Å². The number of aryl methyl sites for hydroxylation is 2. The fourth-order valence-corrected chi connectivity index (χ4v) is 3.30. The monoisotopic (exact) mass is 335 g/mol. The molecule has 0 bridgehead atoms. The molecule has 4 rings (SSSR count). The van der Waals surface area contributed by atoms with E-state index >= 15 is 0 Å². The molecule has 1 aromatic carbocycles. The van der Waals surface area contributed by atoms with Gasteiger partial charge >= 0.3 is 0 Å². The molecule has 0 saturated heterocycles. The van der Waals surface area contributed by atoms with Crippen LogP contribution in [0.4, 0.5) is 0 Å². The van der Waals surface area contributed by atoms with Crippen molar-refractivity contribution < 1.29 is 9.53 Å². The molecule has 0 unspecified atom stereocenters. The van der Waals surface area contributed by atoms with E-state index in [2.05, 4.69) is 16.4 Å². The summed E-state index contributed by atoms with van der Waals surface area (Å²) in [6, 6.07) is 10.1. The number of hydrogen-bond donors (Lipinski definition) is 1. The quantitative estimate of drug-likeness (QED) is 0.797. The standard InChI is InChI=1S/C20H21N3O2/c1-3-16-19(23-8-6-13(2)10-18(23)22-16)20(24)21-12-14-4-5-17-15(11-14)7-9-25-17/h4-6,8,10-11H,3,7,9,12H2,1-2H3,(H,21,24). The Morgan fingerprint density at radius 3 is 3.04 bits per heavy atom. The van der Waals surface area contributed by atoms with Crippen LogP contribution in [0.1, 0.15) is 39.8 Å². The van der Waals surface area contributed by atoms with E-state index < -0.39 is 0 Å². The number of pyridine rings is 1. The van der Waals surface area contributed by atoms with E-state index in [1.165, 1.54) is 5.56 Å². The smallest absolute Gasteiger partial charge is 0.270 e. The second-order valence-corrected chi connectivity index (χ2v) is 6.42. The molecule has 3 aromatic rings. The number of fused-ring (bicyclic) bond motifs is 2. The lowest BCUT2D eigenvalue weighted by Crippen LogP contribution is -2.25. The summed E-state index contributed by atoms with van der Waals surface area (Å²) in [6.07, 6.45) is 3.57. The summed E-state index contributed by atoms with van der Waals surface area (Å²) in [4.78, 5) is 17.4. The molecular weight excluding hydrogens is 314 g/mol. The number of aromatic nitrogens is 2. The molecule has 1 aliphatic heterocycles. The molecule has 128 valence electrons. The molecule has 1 N–H and O–H groups in total. The molecule has 0 fully saturated rings. The first-order chi connectivity index (χ1) is 12.2. The highest BCUT2D eigenvalue weighted by Crippen LogP contribution is 2.25. The van der Waals surface area contributed by atoms with Crippen LogP contribution in [0, 0.1) is 6.92 Å². The topological polar surface area (TPSA) is 55.6 Å². The fourth-order valence-electron chi connectivity index (χ4n) is 3.30. The Morgan fingerprint density at radius 2 is 2.20 bits per heavy atom. The summed E-state index contributed by atoms with van der Waals surface area (Å²) in [7, 11) is 0. The number of benzene rings is 1. The number of imidazole rings is 1. The van der Waals surface area contributed by atoms with Gasteiger partial charge in [0.25, 0.3) is 5.91 Å². The van der Waals surface area contributed by atoms with E-state index in [0.29, 0.717) is 12.2 Å². The number of hydrogen-bond acceptors (Lipinski definition) is 3. The highest BCUT2D eigenvalue weighted by atomic mass is 16.5. The number of ether oxygens (including phenoxy) is 1. The zero-order valence-corrected chi connectivity index (χ0v) is 14.5. The summed E-state index contributed by atoms with van der Waals surface area (Å²) in [6.45, 7) is 5.28. The van der Waals surface area contributed by atoms with E-state index in [1.807, 2.05) is 48.7 Å². The predicted molar refractivity (Wildman–Crippen MR) is 96.1 cm³/mol. The Kier molecular flexibility index (Phi) is 3.92. The number of carbonyl (C=O) groups excluding carboxylic acids is 1. The van der Waals surface area contributed by atoms with Gasteiger partial charge in [-0.15, -0.1) is 0 Å². The van der Waals surface area contributed by atoms with Crippen LogP contribution in [0.2, 0.25) is 0 Å². The van der Waals surface area contributed by atoms with Crippen molar-refractivity contribution in [3.8, 4) is 5.75 Å².